The number of carbonyl (C=O) groups excluding carboxylic acids is 1. The molecule has 2 aromatic carbocycles. The van der Waals surface area contributed by atoms with E-state index in [0.717, 1.165) is 27.4 Å². The maximum Gasteiger partial charge on any atom is 0.255 e. The molecule has 0 bridgehead atoms. The zero-order valence-electron chi connectivity index (χ0n) is 15.7. The average Bonchev–Trinajstić information content (AvgIpc) is 2.62. The monoisotopic (exact) mass is 388 g/mol. The Morgan fingerprint density at radius 2 is 1.70 bits per heavy atom. The van der Waals surface area contributed by atoms with Crippen LogP contribution in [0.1, 0.15) is 11.1 Å². The Balaban J connectivity index is 1.95. The summed E-state index contributed by atoms with van der Waals surface area (Å²) in [7, 11) is 0.369. The molecule has 0 saturated heterocycles. The Morgan fingerprint density at radius 3 is 2.26 bits per heavy atom. The Kier molecular flexibility index (Phi) is 7.09. The van der Waals surface area contributed by atoms with Crippen molar-refractivity contribution in [1.82, 2.24) is 9.73 Å². The lowest BCUT2D eigenvalue weighted by atomic mass is 10.2. The van der Waals surface area contributed by atoms with Gasteiger partial charge in [0.05, 0.1) is 19.0 Å². The first-order valence-corrected chi connectivity index (χ1v) is 10.2. The molecule has 0 unspecified atom stereocenters. The topological polar surface area (TPSA) is 82.1 Å². The molecule has 0 radical (unpaired) electrons. The first-order chi connectivity index (χ1) is 12.8. The quantitative estimate of drug-likeness (QED) is 0.551. The third-order valence-electron chi connectivity index (χ3n) is 3.80. The molecule has 0 heterocycles. The maximum absolute atomic E-state index is 12.1. The van der Waals surface area contributed by atoms with Crippen LogP contribution in [0.4, 0.5) is 5.69 Å². The van der Waals surface area contributed by atoms with Crippen LogP contribution in [0.15, 0.2) is 59.7 Å². The van der Waals surface area contributed by atoms with Crippen molar-refractivity contribution >= 4 is 27.8 Å². The molecule has 144 valence electrons. The van der Waals surface area contributed by atoms with E-state index < -0.39 is 15.9 Å². The number of hydrogen-bond donors (Lipinski definition) is 1. The second-order valence-electron chi connectivity index (χ2n) is 6.30. The van der Waals surface area contributed by atoms with Crippen molar-refractivity contribution in [2.45, 2.75) is 6.54 Å². The van der Waals surface area contributed by atoms with Crippen LogP contribution in [-0.2, 0) is 21.4 Å². The van der Waals surface area contributed by atoms with E-state index in [1.807, 2.05) is 73.6 Å². The summed E-state index contributed by atoms with van der Waals surface area (Å²) >= 11 is 0. The third-order valence-corrected chi connectivity index (χ3v) is 5.00. The molecule has 0 saturated carbocycles. The Labute approximate surface area is 160 Å². The number of hydrogen-bond acceptors (Lipinski definition) is 5. The molecule has 27 heavy (non-hydrogen) atoms. The van der Waals surface area contributed by atoms with E-state index in [2.05, 4.69) is 10.5 Å². The van der Waals surface area contributed by atoms with Gasteiger partial charge in [-0.25, -0.2) is 13.8 Å². The van der Waals surface area contributed by atoms with Gasteiger partial charge in [-0.3, -0.25) is 4.79 Å². The van der Waals surface area contributed by atoms with E-state index in [0.29, 0.717) is 0 Å². The fourth-order valence-corrected chi connectivity index (χ4v) is 3.05. The van der Waals surface area contributed by atoms with Gasteiger partial charge in [0, 0.05) is 26.3 Å². The van der Waals surface area contributed by atoms with Crippen LogP contribution in [0.25, 0.3) is 0 Å². The van der Waals surface area contributed by atoms with E-state index in [-0.39, 0.29) is 13.1 Å². The predicted molar refractivity (Wildman–Crippen MR) is 108 cm³/mol. The van der Waals surface area contributed by atoms with Crippen molar-refractivity contribution in [2.75, 3.05) is 31.8 Å². The van der Waals surface area contributed by atoms with Gasteiger partial charge in [-0.2, -0.15) is 9.41 Å². The second kappa shape index (κ2) is 9.29. The average molecular weight is 388 g/mol. The van der Waals surface area contributed by atoms with Crippen molar-refractivity contribution in [3.05, 3.63) is 65.7 Å². The van der Waals surface area contributed by atoms with E-state index in [1.165, 1.54) is 6.21 Å². The molecular weight excluding hydrogens is 364 g/mol. The predicted octanol–water partition coefficient (Wildman–Crippen LogP) is 1.66. The lowest BCUT2D eigenvalue weighted by Crippen LogP contribution is -2.38. The van der Waals surface area contributed by atoms with Gasteiger partial charge >= 0.3 is 0 Å². The normalized spacial score (nSPS) is 11.7. The zero-order chi connectivity index (χ0) is 19.9. The first-order valence-electron chi connectivity index (χ1n) is 8.34. The van der Waals surface area contributed by atoms with Crippen LogP contribution >= 0.6 is 0 Å². The highest BCUT2D eigenvalue weighted by atomic mass is 32.2. The molecule has 7 nitrogen and oxygen atoms in total. The summed E-state index contributed by atoms with van der Waals surface area (Å²) in [5.41, 5.74) is 5.06. The molecule has 0 aromatic heterocycles. The molecule has 2 aromatic rings. The van der Waals surface area contributed by atoms with Gasteiger partial charge < -0.3 is 4.90 Å². The lowest BCUT2D eigenvalue weighted by molar-refractivity contribution is -0.121. The Morgan fingerprint density at radius 1 is 1.07 bits per heavy atom. The van der Waals surface area contributed by atoms with Crippen molar-refractivity contribution in [1.29, 1.82) is 0 Å². The Bertz CT molecular complexity index is 879. The molecule has 1 amide bonds. The third kappa shape index (κ3) is 6.84. The van der Waals surface area contributed by atoms with Gasteiger partial charge in [0.25, 0.3) is 5.91 Å². The zero-order valence-corrected chi connectivity index (χ0v) is 16.5. The molecule has 2 rings (SSSR count). The van der Waals surface area contributed by atoms with E-state index in [4.69, 9.17) is 0 Å². The minimum atomic E-state index is -3.53. The standard InChI is InChI=1S/C19H24N4O3S/c1-22(2)18-11-9-16(10-12-18)13-20-21-19(24)15-23(27(3,25)26)14-17-7-5-4-6-8-17/h4-13H,14-15H2,1-3H3,(H,21,24)/b20-13-. The van der Waals surface area contributed by atoms with E-state index >= 15 is 0 Å². The fraction of sp³-hybridized carbons (Fsp3) is 0.263. The molecule has 0 atom stereocenters. The highest BCUT2D eigenvalue weighted by Crippen LogP contribution is 2.11. The molecule has 1 N–H and O–H groups in total. The minimum absolute atomic E-state index is 0.128. The van der Waals surface area contributed by atoms with E-state index in [1.54, 1.807) is 0 Å². The number of nitrogens with zero attached hydrogens (tertiary/aromatic N) is 3. The molecule has 0 fully saturated rings. The number of nitrogens with one attached hydrogen (secondary N) is 1. The smallest absolute Gasteiger partial charge is 0.255 e. The first kappa shape index (κ1) is 20.6. The number of benzene rings is 2. The van der Waals surface area contributed by atoms with Crippen LogP contribution in [0, 0.1) is 0 Å². The fourth-order valence-electron chi connectivity index (χ4n) is 2.31. The minimum Gasteiger partial charge on any atom is -0.378 e. The van der Waals surface area contributed by atoms with Crippen LogP contribution < -0.4 is 10.3 Å². The summed E-state index contributed by atoms with van der Waals surface area (Å²) in [6.07, 6.45) is 2.60. The van der Waals surface area contributed by atoms with Gasteiger partial charge in [-0.1, -0.05) is 42.5 Å². The number of carbonyl (C=O) groups is 1. The van der Waals surface area contributed by atoms with Gasteiger partial charge in [0.1, 0.15) is 0 Å². The second-order valence-corrected chi connectivity index (χ2v) is 8.28. The Hall–Kier alpha value is -2.71. The number of sulfonamides is 1. The van der Waals surface area contributed by atoms with Crippen LogP contribution in [-0.4, -0.2) is 51.7 Å². The maximum atomic E-state index is 12.1. The number of anilines is 1. The highest BCUT2D eigenvalue weighted by molar-refractivity contribution is 7.88. The molecule has 0 spiro atoms. The molecule has 8 heteroatoms. The van der Waals surface area contributed by atoms with Gasteiger partial charge in [0.2, 0.25) is 10.0 Å². The van der Waals surface area contributed by atoms with Crippen LogP contribution in [0.3, 0.4) is 0 Å². The van der Waals surface area contributed by atoms with Gasteiger partial charge in [0.15, 0.2) is 0 Å². The summed E-state index contributed by atoms with van der Waals surface area (Å²) in [4.78, 5) is 14.1. The summed E-state index contributed by atoms with van der Waals surface area (Å²) in [5.74, 6) is -0.502. The molecule has 0 aliphatic rings. The number of rotatable bonds is 8. The van der Waals surface area contributed by atoms with Gasteiger partial charge in [-0.15, -0.1) is 0 Å². The SMILES string of the molecule is CN(C)c1ccc(/C=N\NC(=O)CN(Cc2ccccc2)S(C)(=O)=O)cc1. The summed E-state index contributed by atoms with van der Waals surface area (Å²) < 4.78 is 25.0. The molecule has 0 aliphatic heterocycles. The van der Waals surface area contributed by atoms with Crippen molar-refractivity contribution in [3.63, 3.8) is 0 Å². The molecule has 0 aliphatic carbocycles. The molecular formula is C19H24N4O3S. The van der Waals surface area contributed by atoms with Crippen LogP contribution in [0.5, 0.6) is 0 Å². The summed E-state index contributed by atoms with van der Waals surface area (Å²) in [6.45, 7) is -0.173. The van der Waals surface area contributed by atoms with Gasteiger partial charge in [-0.05, 0) is 23.3 Å². The summed E-state index contributed by atoms with van der Waals surface area (Å²) in [6, 6.07) is 16.7. The van der Waals surface area contributed by atoms with Crippen molar-refractivity contribution in [2.24, 2.45) is 5.10 Å². The van der Waals surface area contributed by atoms with E-state index in [9.17, 15) is 13.2 Å². The summed E-state index contributed by atoms with van der Waals surface area (Å²) in [5, 5.41) is 3.90. The van der Waals surface area contributed by atoms with Crippen molar-refractivity contribution in [3.8, 4) is 0 Å². The highest BCUT2D eigenvalue weighted by Gasteiger charge is 2.20. The number of amides is 1. The number of hydrazone groups is 1. The lowest BCUT2D eigenvalue weighted by Gasteiger charge is -2.18. The van der Waals surface area contributed by atoms with Crippen molar-refractivity contribution < 1.29 is 13.2 Å². The largest absolute Gasteiger partial charge is 0.378 e. The van der Waals surface area contributed by atoms with Crippen LogP contribution in [0.2, 0.25) is 0 Å².